The molecule has 1 atom stereocenters. The van der Waals surface area contributed by atoms with E-state index < -0.39 is 5.41 Å². The molecule has 0 radical (unpaired) electrons. The van der Waals surface area contributed by atoms with Crippen LogP contribution in [0.2, 0.25) is 0 Å². The second-order valence-electron chi connectivity index (χ2n) is 10.5. The van der Waals surface area contributed by atoms with Crippen molar-refractivity contribution < 1.29 is 14.3 Å². The van der Waals surface area contributed by atoms with Gasteiger partial charge in [-0.1, -0.05) is 61.5 Å². The van der Waals surface area contributed by atoms with Gasteiger partial charge in [-0.3, -0.25) is 9.69 Å². The first-order chi connectivity index (χ1) is 18.4. The normalized spacial score (nSPS) is 15.8. The zero-order valence-electron chi connectivity index (χ0n) is 23.4. The monoisotopic (exact) mass is 514 g/mol. The fourth-order valence-electron chi connectivity index (χ4n) is 5.47. The largest absolute Gasteiger partial charge is 0.497 e. The first-order valence-corrected chi connectivity index (χ1v) is 13.9. The van der Waals surface area contributed by atoms with E-state index in [1.54, 1.807) is 7.11 Å². The molecule has 0 amide bonds. The molecule has 202 valence electrons. The number of carbonyl (C=O) groups excluding carboxylic acids is 1. The zero-order valence-corrected chi connectivity index (χ0v) is 23.4. The van der Waals surface area contributed by atoms with Crippen molar-refractivity contribution in [3.8, 4) is 16.9 Å². The Hall–Kier alpha value is -3.31. The van der Waals surface area contributed by atoms with Crippen molar-refractivity contribution in [2.45, 2.75) is 51.6 Å². The van der Waals surface area contributed by atoms with Crippen LogP contribution in [0, 0.1) is 0 Å². The molecule has 38 heavy (non-hydrogen) atoms. The van der Waals surface area contributed by atoms with Gasteiger partial charge in [-0.05, 0) is 80.6 Å². The molecule has 0 bridgehead atoms. The minimum Gasteiger partial charge on any atom is -0.497 e. The number of rotatable bonds is 11. The summed E-state index contributed by atoms with van der Waals surface area (Å²) in [5.41, 5.74) is 4.10. The molecule has 0 aliphatic carbocycles. The third-order valence-electron chi connectivity index (χ3n) is 7.75. The van der Waals surface area contributed by atoms with E-state index in [9.17, 15) is 4.79 Å². The topological polar surface area (TPSA) is 42.0 Å². The van der Waals surface area contributed by atoms with E-state index in [-0.39, 0.29) is 12.1 Å². The molecule has 1 fully saturated rings. The maximum Gasteiger partial charge on any atom is 0.316 e. The summed E-state index contributed by atoms with van der Waals surface area (Å²) in [7, 11) is 1.70. The van der Waals surface area contributed by atoms with E-state index in [2.05, 4.69) is 65.3 Å². The average Bonchev–Trinajstić information content (AvgIpc) is 2.96. The Morgan fingerprint density at radius 3 is 2.24 bits per heavy atom. The third-order valence-corrected chi connectivity index (χ3v) is 7.75. The lowest BCUT2D eigenvalue weighted by Crippen LogP contribution is -2.47. The minimum atomic E-state index is -0.585. The Labute approximate surface area is 228 Å². The summed E-state index contributed by atoms with van der Waals surface area (Å²) >= 11 is 0. The first kappa shape index (κ1) is 27.7. The average molecular weight is 515 g/mol. The molecule has 0 N–H and O–H groups in total. The maximum atomic E-state index is 13.3. The van der Waals surface area contributed by atoms with Crippen molar-refractivity contribution in [2.24, 2.45) is 0 Å². The molecule has 5 heteroatoms. The van der Waals surface area contributed by atoms with Gasteiger partial charge in [-0.15, -0.1) is 0 Å². The van der Waals surface area contributed by atoms with Gasteiger partial charge in [0.05, 0.1) is 18.6 Å². The highest BCUT2D eigenvalue weighted by molar-refractivity contribution is 5.83. The number of hydrogen-bond donors (Lipinski definition) is 0. The van der Waals surface area contributed by atoms with Gasteiger partial charge in [0, 0.05) is 31.9 Å². The van der Waals surface area contributed by atoms with Crippen LogP contribution in [0.25, 0.3) is 11.1 Å². The highest BCUT2D eigenvalue weighted by Crippen LogP contribution is 2.35. The highest BCUT2D eigenvalue weighted by Gasteiger charge is 2.40. The van der Waals surface area contributed by atoms with E-state index in [4.69, 9.17) is 9.47 Å². The summed E-state index contributed by atoms with van der Waals surface area (Å²) in [5, 5.41) is 0. The first-order valence-electron chi connectivity index (χ1n) is 13.9. The van der Waals surface area contributed by atoms with Crippen LogP contribution in [0.5, 0.6) is 5.75 Å². The summed E-state index contributed by atoms with van der Waals surface area (Å²) in [4.78, 5) is 18.3. The van der Waals surface area contributed by atoms with Crippen LogP contribution in [-0.2, 0) is 14.9 Å². The van der Waals surface area contributed by atoms with Gasteiger partial charge in [0.15, 0.2) is 0 Å². The summed E-state index contributed by atoms with van der Waals surface area (Å²) in [5.74, 6) is 0.780. The summed E-state index contributed by atoms with van der Waals surface area (Å²) in [6.45, 7) is 11.0. The van der Waals surface area contributed by atoms with Crippen LogP contribution in [-0.4, -0.2) is 56.8 Å². The van der Waals surface area contributed by atoms with Gasteiger partial charge in [-0.2, -0.15) is 0 Å². The van der Waals surface area contributed by atoms with Gasteiger partial charge in [-0.25, -0.2) is 0 Å². The standard InChI is InChI=1S/C33H42N2O3/c1-5-33(32(36)38-26(2)3,29-12-7-6-8-13-29)19-10-20-34-21-23-35(24-22-34)30-17-15-27(16-18-30)28-11-9-14-31(25-28)37-4/h6-9,11-18,25-26H,5,10,19-24H2,1-4H3. The molecule has 0 spiro atoms. The molecular weight excluding hydrogens is 472 g/mol. The van der Waals surface area contributed by atoms with Gasteiger partial charge in [0.2, 0.25) is 0 Å². The number of nitrogens with zero attached hydrogens (tertiary/aromatic N) is 2. The summed E-state index contributed by atoms with van der Waals surface area (Å²) in [6.07, 6.45) is 2.38. The Balaban J connectivity index is 1.32. The molecule has 0 saturated carbocycles. The SMILES string of the molecule is CCC(CCCN1CCN(c2ccc(-c3cccc(OC)c3)cc2)CC1)(C(=O)OC(C)C)c1ccccc1. The maximum absolute atomic E-state index is 13.3. The zero-order chi connectivity index (χ0) is 27.0. The van der Waals surface area contributed by atoms with Crippen LogP contribution in [0.4, 0.5) is 5.69 Å². The van der Waals surface area contributed by atoms with E-state index in [0.29, 0.717) is 0 Å². The van der Waals surface area contributed by atoms with E-state index in [1.165, 1.54) is 11.3 Å². The third kappa shape index (κ3) is 6.57. The molecule has 0 aromatic heterocycles. The quantitative estimate of drug-likeness (QED) is 0.271. The fraction of sp³-hybridized carbons (Fsp3) is 0.424. The predicted octanol–water partition coefficient (Wildman–Crippen LogP) is 6.56. The Morgan fingerprint density at radius 1 is 0.895 bits per heavy atom. The minimum absolute atomic E-state index is 0.0941. The molecule has 3 aromatic rings. The lowest BCUT2D eigenvalue weighted by atomic mass is 9.74. The molecule has 5 nitrogen and oxygen atoms in total. The number of carbonyl (C=O) groups is 1. The summed E-state index contributed by atoms with van der Waals surface area (Å²) < 4.78 is 11.1. The van der Waals surface area contributed by atoms with Crippen LogP contribution in [0.1, 0.15) is 45.6 Å². The lowest BCUT2D eigenvalue weighted by molar-refractivity contribution is -0.155. The summed E-state index contributed by atoms with van der Waals surface area (Å²) in [6, 6.07) is 27.2. The van der Waals surface area contributed by atoms with E-state index in [1.807, 2.05) is 44.2 Å². The van der Waals surface area contributed by atoms with Crippen LogP contribution < -0.4 is 9.64 Å². The molecule has 3 aromatic carbocycles. The number of methoxy groups -OCH3 is 1. The molecule has 1 aliphatic rings. The molecule has 1 saturated heterocycles. The molecular formula is C33H42N2O3. The van der Waals surface area contributed by atoms with Crippen molar-refractivity contribution in [1.29, 1.82) is 0 Å². The van der Waals surface area contributed by atoms with Crippen molar-refractivity contribution in [3.05, 3.63) is 84.4 Å². The number of ether oxygens (including phenoxy) is 2. The second kappa shape index (κ2) is 13.0. The van der Waals surface area contributed by atoms with Gasteiger partial charge < -0.3 is 14.4 Å². The van der Waals surface area contributed by atoms with Crippen LogP contribution in [0.3, 0.4) is 0 Å². The number of esters is 1. The number of hydrogen-bond acceptors (Lipinski definition) is 5. The van der Waals surface area contributed by atoms with Crippen molar-refractivity contribution >= 4 is 11.7 Å². The number of piperazine rings is 1. The molecule has 1 unspecified atom stereocenters. The van der Waals surface area contributed by atoms with E-state index >= 15 is 0 Å². The van der Waals surface area contributed by atoms with Crippen LogP contribution in [0.15, 0.2) is 78.9 Å². The van der Waals surface area contributed by atoms with Crippen molar-refractivity contribution in [1.82, 2.24) is 4.90 Å². The van der Waals surface area contributed by atoms with Crippen molar-refractivity contribution in [3.63, 3.8) is 0 Å². The van der Waals surface area contributed by atoms with Crippen LogP contribution >= 0.6 is 0 Å². The molecule has 1 heterocycles. The molecule has 4 rings (SSSR count). The Bertz CT molecular complexity index is 1150. The fourth-order valence-corrected chi connectivity index (χ4v) is 5.47. The second-order valence-corrected chi connectivity index (χ2v) is 10.5. The number of anilines is 1. The van der Waals surface area contributed by atoms with E-state index in [0.717, 1.165) is 68.9 Å². The lowest BCUT2D eigenvalue weighted by Gasteiger charge is -2.37. The Kier molecular flexibility index (Phi) is 9.46. The van der Waals surface area contributed by atoms with Gasteiger partial charge >= 0.3 is 5.97 Å². The number of benzene rings is 3. The highest BCUT2D eigenvalue weighted by atomic mass is 16.5. The van der Waals surface area contributed by atoms with Gasteiger partial charge in [0.25, 0.3) is 0 Å². The smallest absolute Gasteiger partial charge is 0.316 e. The van der Waals surface area contributed by atoms with Crippen molar-refractivity contribution in [2.75, 3.05) is 44.7 Å². The predicted molar refractivity (Wildman–Crippen MR) is 156 cm³/mol. The molecule has 1 aliphatic heterocycles. The van der Waals surface area contributed by atoms with Gasteiger partial charge in [0.1, 0.15) is 5.75 Å². The Morgan fingerprint density at radius 2 is 1.61 bits per heavy atom.